The first-order valence-electron chi connectivity index (χ1n) is 8.27. The average molecular weight is 522 g/mol. The predicted octanol–water partition coefficient (Wildman–Crippen LogP) is 0.153. The fraction of sp³-hybridized carbons (Fsp3) is 0.583. The number of nitrogens with zero attached hydrogens (tertiary/aromatic N) is 3. The number of anilines is 1. The van der Waals surface area contributed by atoms with Crippen LogP contribution in [-0.2, 0) is 38.1 Å². The zero-order chi connectivity index (χ0) is 24.6. The molecule has 5 atom stereocenters. The predicted molar refractivity (Wildman–Crippen MR) is 99.8 cm³/mol. The van der Waals surface area contributed by atoms with Crippen molar-refractivity contribution in [3.05, 3.63) is 22.7 Å². The minimum atomic E-state index is -5.79. The van der Waals surface area contributed by atoms with Crippen molar-refractivity contribution in [2.75, 3.05) is 12.3 Å². The van der Waals surface area contributed by atoms with E-state index in [1.54, 1.807) is 0 Å². The molecule has 0 aliphatic carbocycles. The van der Waals surface area contributed by atoms with Crippen LogP contribution in [0.25, 0.3) is 0 Å². The van der Waals surface area contributed by atoms with Gasteiger partial charge in [0.1, 0.15) is 12.4 Å². The van der Waals surface area contributed by atoms with Gasteiger partial charge in [-0.15, -0.1) is 0 Å². The number of rotatable bonds is 9. The number of phosphoric ester groups is 1. The number of hydrogen-bond acceptors (Lipinski definition) is 11. The van der Waals surface area contributed by atoms with Crippen molar-refractivity contribution in [2.24, 2.45) is 5.41 Å². The van der Waals surface area contributed by atoms with Gasteiger partial charge < -0.3 is 30.0 Å². The second-order valence-electron chi connectivity index (χ2n) is 6.85. The number of halogens is 1. The standard InChI is InChI=1S/C12H18FN4O12P3/c1-11(6-14)5-12(13,27-8(11)4-17-3-2-9(15)16-10(17)18)7-26-31(22,23)29-32(24,25)28-30(19,20)21/h2-3,8H,4-5,7H2,1H3,(H,22,23)(H,24,25)(H2,15,16,18)(H2,19,20,21)/t8-,11-,12-/m0/s1. The Balaban J connectivity index is 2.12. The Morgan fingerprint density at radius 3 is 2.50 bits per heavy atom. The first kappa shape index (κ1) is 26.7. The van der Waals surface area contributed by atoms with Gasteiger partial charge in [0, 0.05) is 12.6 Å². The molecule has 20 heteroatoms. The molecule has 32 heavy (non-hydrogen) atoms. The van der Waals surface area contributed by atoms with E-state index in [1.165, 1.54) is 19.2 Å². The summed E-state index contributed by atoms with van der Waals surface area (Å²) >= 11 is 0. The van der Waals surface area contributed by atoms with Gasteiger partial charge in [-0.25, -0.2) is 22.9 Å². The number of ether oxygens (including phenoxy) is 1. The fourth-order valence-electron chi connectivity index (χ4n) is 2.77. The van der Waals surface area contributed by atoms with Crippen molar-refractivity contribution in [1.82, 2.24) is 9.55 Å². The van der Waals surface area contributed by atoms with Crippen molar-refractivity contribution in [3.63, 3.8) is 0 Å². The highest BCUT2D eigenvalue weighted by molar-refractivity contribution is 7.66. The third-order valence-corrected chi connectivity index (χ3v) is 7.85. The normalized spacial score (nSPS) is 29.7. The van der Waals surface area contributed by atoms with Crippen LogP contribution >= 0.6 is 23.5 Å². The van der Waals surface area contributed by atoms with E-state index in [1.807, 2.05) is 6.07 Å². The number of aromatic nitrogens is 2. The first-order valence-corrected chi connectivity index (χ1v) is 12.8. The topological polar surface area (TPSA) is 254 Å². The molecule has 1 aromatic heterocycles. The monoisotopic (exact) mass is 522 g/mol. The fourth-order valence-corrected chi connectivity index (χ4v) is 5.82. The highest BCUT2D eigenvalue weighted by atomic mass is 31.3. The summed E-state index contributed by atoms with van der Waals surface area (Å²) in [5, 5.41) is 9.46. The summed E-state index contributed by atoms with van der Waals surface area (Å²) in [7, 11) is -17.0. The molecule has 1 aromatic rings. The van der Waals surface area contributed by atoms with E-state index in [-0.39, 0.29) is 12.4 Å². The Labute approximate surface area is 178 Å². The van der Waals surface area contributed by atoms with Crippen molar-refractivity contribution in [1.29, 1.82) is 5.26 Å². The molecule has 2 rings (SSSR count). The Morgan fingerprint density at radius 2 is 1.97 bits per heavy atom. The van der Waals surface area contributed by atoms with Crippen LogP contribution in [0, 0.1) is 16.7 Å². The Morgan fingerprint density at radius 1 is 1.34 bits per heavy atom. The maximum Gasteiger partial charge on any atom is 0.490 e. The molecule has 0 bridgehead atoms. The summed E-state index contributed by atoms with van der Waals surface area (Å²) < 4.78 is 66.3. The van der Waals surface area contributed by atoms with Crippen molar-refractivity contribution in [2.45, 2.75) is 31.8 Å². The largest absolute Gasteiger partial charge is 0.490 e. The van der Waals surface area contributed by atoms with Crippen LogP contribution in [0.5, 0.6) is 0 Å². The molecule has 1 aliphatic heterocycles. The lowest BCUT2D eigenvalue weighted by Gasteiger charge is -2.23. The second kappa shape index (κ2) is 9.02. The zero-order valence-electron chi connectivity index (χ0n) is 16.0. The zero-order valence-corrected chi connectivity index (χ0v) is 18.7. The van der Waals surface area contributed by atoms with Gasteiger partial charge in [0.15, 0.2) is 0 Å². The molecule has 1 fully saturated rings. The maximum atomic E-state index is 15.2. The molecule has 2 unspecified atom stereocenters. The molecule has 0 saturated carbocycles. The summed E-state index contributed by atoms with van der Waals surface area (Å²) in [6, 6.07) is 3.10. The Bertz CT molecular complexity index is 1120. The summed E-state index contributed by atoms with van der Waals surface area (Å²) in [6.45, 7) is -0.462. The van der Waals surface area contributed by atoms with Crippen LogP contribution in [0.4, 0.5) is 10.2 Å². The molecule has 0 aromatic carbocycles. The van der Waals surface area contributed by atoms with E-state index in [2.05, 4.69) is 18.1 Å². The van der Waals surface area contributed by atoms with E-state index in [9.17, 15) is 28.6 Å². The van der Waals surface area contributed by atoms with Crippen molar-refractivity contribution in [3.8, 4) is 6.07 Å². The SMILES string of the molecule is C[C@@]1(C#N)C[C@@](F)(COP(=O)(O)OP(=O)(O)OP(=O)(O)O)O[C@H]1Cn1ccc(N)nc1=O. The molecular weight excluding hydrogens is 504 g/mol. The van der Waals surface area contributed by atoms with Crippen LogP contribution in [0.1, 0.15) is 13.3 Å². The minimum absolute atomic E-state index is 0.0718. The highest BCUT2D eigenvalue weighted by Crippen LogP contribution is 2.66. The molecule has 0 radical (unpaired) electrons. The lowest BCUT2D eigenvalue weighted by Crippen LogP contribution is -2.36. The van der Waals surface area contributed by atoms with E-state index in [4.69, 9.17) is 25.2 Å². The van der Waals surface area contributed by atoms with Crippen LogP contribution < -0.4 is 11.4 Å². The molecule has 1 saturated heterocycles. The van der Waals surface area contributed by atoms with Crippen LogP contribution in [0.2, 0.25) is 0 Å². The Kier molecular flexibility index (Phi) is 7.53. The van der Waals surface area contributed by atoms with Crippen molar-refractivity contribution >= 4 is 29.3 Å². The quantitative estimate of drug-likeness (QED) is 0.271. The molecule has 1 aliphatic rings. The van der Waals surface area contributed by atoms with Gasteiger partial charge in [-0.3, -0.25) is 9.09 Å². The first-order chi connectivity index (χ1) is 14.4. The van der Waals surface area contributed by atoms with Gasteiger partial charge in [0.05, 0.1) is 24.1 Å². The van der Waals surface area contributed by atoms with Gasteiger partial charge in [0.25, 0.3) is 0 Å². The number of nitrogens with two attached hydrogens (primary N) is 1. The van der Waals surface area contributed by atoms with Crippen LogP contribution in [0.15, 0.2) is 17.1 Å². The van der Waals surface area contributed by atoms with E-state index in [0.717, 1.165) is 4.57 Å². The third-order valence-electron chi connectivity index (χ3n) is 4.07. The molecule has 16 nitrogen and oxygen atoms in total. The van der Waals surface area contributed by atoms with Gasteiger partial charge in [-0.05, 0) is 13.0 Å². The number of alkyl halides is 1. The van der Waals surface area contributed by atoms with Crippen LogP contribution in [0.3, 0.4) is 0 Å². The summed E-state index contributed by atoms with van der Waals surface area (Å²) in [6.07, 6.45) is -0.755. The van der Waals surface area contributed by atoms with Gasteiger partial charge in [-0.2, -0.15) is 18.9 Å². The maximum absolute atomic E-state index is 15.2. The molecule has 0 spiro atoms. The Hall–Kier alpha value is -1.53. The van der Waals surface area contributed by atoms with Crippen LogP contribution in [-0.4, -0.2) is 47.7 Å². The van der Waals surface area contributed by atoms with E-state index >= 15 is 4.39 Å². The molecule has 6 N–H and O–H groups in total. The number of phosphoric acid groups is 3. The minimum Gasteiger partial charge on any atom is -0.383 e. The molecular formula is C12H18FN4O12P3. The smallest absolute Gasteiger partial charge is 0.383 e. The lowest BCUT2D eigenvalue weighted by atomic mass is 9.83. The van der Waals surface area contributed by atoms with E-state index in [0.29, 0.717) is 0 Å². The average Bonchev–Trinajstić information content (AvgIpc) is 2.84. The number of nitriles is 1. The van der Waals surface area contributed by atoms with Gasteiger partial charge >= 0.3 is 29.2 Å². The highest BCUT2D eigenvalue weighted by Gasteiger charge is 2.56. The van der Waals surface area contributed by atoms with Gasteiger partial charge in [0.2, 0.25) is 5.85 Å². The van der Waals surface area contributed by atoms with Gasteiger partial charge in [-0.1, -0.05) is 0 Å². The number of hydrogen-bond donors (Lipinski definition) is 5. The number of nitrogen functional groups attached to an aromatic ring is 1. The summed E-state index contributed by atoms with van der Waals surface area (Å²) in [5.74, 6) is -2.97. The molecule has 0 amide bonds. The summed E-state index contributed by atoms with van der Waals surface area (Å²) in [4.78, 5) is 50.9. The van der Waals surface area contributed by atoms with E-state index < -0.39 is 59.6 Å². The molecule has 2 heterocycles. The van der Waals surface area contributed by atoms with Crippen molar-refractivity contribution < 1.29 is 55.5 Å². The molecule has 180 valence electrons. The summed E-state index contributed by atoms with van der Waals surface area (Å²) in [5.41, 5.74) is 3.01. The third kappa shape index (κ3) is 7.24. The lowest BCUT2D eigenvalue weighted by molar-refractivity contribution is -0.161. The second-order valence-corrected chi connectivity index (χ2v) is 11.3.